The Balaban J connectivity index is 2.08. The van der Waals surface area contributed by atoms with Gasteiger partial charge in [-0.1, -0.05) is 25.7 Å². The summed E-state index contributed by atoms with van der Waals surface area (Å²) in [5, 5.41) is 0. The van der Waals surface area contributed by atoms with E-state index in [0.29, 0.717) is 0 Å². The van der Waals surface area contributed by atoms with Crippen molar-refractivity contribution in [3.8, 4) is 0 Å². The van der Waals surface area contributed by atoms with Gasteiger partial charge in [0.2, 0.25) is 0 Å². The Morgan fingerprint density at radius 2 is 2.00 bits per heavy atom. The maximum absolute atomic E-state index is 6.12. The lowest BCUT2D eigenvalue weighted by molar-refractivity contribution is 0.101. The molecule has 0 aliphatic heterocycles. The van der Waals surface area contributed by atoms with Crippen LogP contribution in [0.5, 0.6) is 0 Å². The molecule has 1 aromatic rings. The molecule has 0 radical (unpaired) electrons. The highest BCUT2D eigenvalue weighted by Gasteiger charge is 2.33. The first-order valence-electron chi connectivity index (χ1n) is 6.98. The molecule has 4 heteroatoms. The van der Waals surface area contributed by atoms with Crippen molar-refractivity contribution in [1.82, 2.24) is 9.88 Å². The monoisotopic (exact) mass is 267 g/mol. The van der Waals surface area contributed by atoms with E-state index in [0.717, 1.165) is 13.1 Å². The lowest BCUT2D eigenvalue weighted by Crippen LogP contribution is -2.51. The van der Waals surface area contributed by atoms with Gasteiger partial charge in [-0.15, -0.1) is 11.3 Å². The van der Waals surface area contributed by atoms with Crippen LogP contribution in [0.4, 0.5) is 0 Å². The van der Waals surface area contributed by atoms with E-state index < -0.39 is 0 Å². The highest BCUT2D eigenvalue weighted by atomic mass is 32.1. The first kappa shape index (κ1) is 14.0. The second kappa shape index (κ2) is 6.13. The number of aryl methyl sites for hydroxylation is 1. The van der Waals surface area contributed by atoms with E-state index in [9.17, 15) is 0 Å². The highest BCUT2D eigenvalue weighted by Crippen LogP contribution is 2.32. The van der Waals surface area contributed by atoms with Gasteiger partial charge in [0.05, 0.1) is 11.2 Å². The van der Waals surface area contributed by atoms with Gasteiger partial charge < -0.3 is 5.73 Å². The first-order chi connectivity index (χ1) is 8.68. The summed E-state index contributed by atoms with van der Waals surface area (Å²) in [7, 11) is 2.23. The molecule has 0 atom stereocenters. The normalized spacial score (nSPS) is 20.0. The average Bonchev–Trinajstić information content (AvgIpc) is 2.66. The minimum atomic E-state index is 0.215. The summed E-state index contributed by atoms with van der Waals surface area (Å²) in [4.78, 5) is 8.21. The summed E-state index contributed by atoms with van der Waals surface area (Å²) < 4.78 is 0. The van der Waals surface area contributed by atoms with E-state index in [4.69, 9.17) is 5.73 Å². The van der Waals surface area contributed by atoms with Crippen molar-refractivity contribution in [2.75, 3.05) is 13.6 Å². The molecule has 1 aliphatic carbocycles. The van der Waals surface area contributed by atoms with Gasteiger partial charge in [-0.2, -0.15) is 0 Å². The Labute approximate surface area is 114 Å². The standard InChI is InChI=1S/C14H25N3S/c1-12-13(18-11-16-12)9-17(2)14(10-15)7-5-3-4-6-8-14/h11H,3-10,15H2,1-2H3. The van der Waals surface area contributed by atoms with Gasteiger partial charge >= 0.3 is 0 Å². The van der Waals surface area contributed by atoms with E-state index >= 15 is 0 Å². The van der Waals surface area contributed by atoms with Crippen LogP contribution in [0.1, 0.15) is 49.1 Å². The molecule has 1 fully saturated rings. The number of rotatable bonds is 4. The van der Waals surface area contributed by atoms with Crippen LogP contribution < -0.4 is 5.73 Å². The summed E-state index contributed by atoms with van der Waals surface area (Å²) in [5.74, 6) is 0. The Bertz CT molecular complexity index is 367. The molecule has 1 aliphatic rings. The average molecular weight is 267 g/mol. The number of nitrogens with two attached hydrogens (primary N) is 1. The number of hydrogen-bond acceptors (Lipinski definition) is 4. The summed E-state index contributed by atoms with van der Waals surface area (Å²) in [6.45, 7) is 3.87. The predicted molar refractivity (Wildman–Crippen MR) is 77.8 cm³/mol. The van der Waals surface area contributed by atoms with Crippen LogP contribution in [-0.4, -0.2) is 29.0 Å². The fourth-order valence-electron chi connectivity index (χ4n) is 2.99. The second-order valence-corrected chi connectivity index (χ2v) is 6.50. The highest BCUT2D eigenvalue weighted by molar-refractivity contribution is 7.09. The minimum absolute atomic E-state index is 0.215. The van der Waals surface area contributed by atoms with Crippen molar-refractivity contribution >= 4 is 11.3 Å². The van der Waals surface area contributed by atoms with Crippen molar-refractivity contribution < 1.29 is 0 Å². The van der Waals surface area contributed by atoms with Crippen LogP contribution in [0.2, 0.25) is 0 Å². The fourth-order valence-corrected chi connectivity index (χ4v) is 3.82. The van der Waals surface area contributed by atoms with E-state index in [-0.39, 0.29) is 5.54 Å². The molecule has 0 saturated heterocycles. The lowest BCUT2D eigenvalue weighted by atomic mass is 9.88. The molecule has 2 N–H and O–H groups in total. The van der Waals surface area contributed by atoms with Gasteiger partial charge in [-0.3, -0.25) is 4.90 Å². The quantitative estimate of drug-likeness (QED) is 0.853. The topological polar surface area (TPSA) is 42.2 Å². The summed E-state index contributed by atoms with van der Waals surface area (Å²) in [5.41, 5.74) is 9.46. The molecule has 0 aromatic carbocycles. The molecular weight excluding hydrogens is 242 g/mol. The Morgan fingerprint density at radius 3 is 2.50 bits per heavy atom. The van der Waals surface area contributed by atoms with Crippen LogP contribution >= 0.6 is 11.3 Å². The summed E-state index contributed by atoms with van der Waals surface area (Å²) in [6.07, 6.45) is 7.88. The molecule has 0 amide bonds. The maximum atomic E-state index is 6.12. The number of thiazole rings is 1. The molecule has 3 nitrogen and oxygen atoms in total. The number of nitrogens with zero attached hydrogens (tertiary/aromatic N) is 2. The molecule has 1 aromatic heterocycles. The van der Waals surface area contributed by atoms with Gasteiger partial charge in [-0.25, -0.2) is 4.98 Å². The van der Waals surface area contributed by atoms with Gasteiger partial charge in [0.15, 0.2) is 0 Å². The number of hydrogen-bond donors (Lipinski definition) is 1. The zero-order valence-electron chi connectivity index (χ0n) is 11.6. The van der Waals surface area contributed by atoms with Crippen LogP contribution in [0.15, 0.2) is 5.51 Å². The third-order valence-corrected chi connectivity index (χ3v) is 5.37. The molecular formula is C14H25N3S. The second-order valence-electron chi connectivity index (χ2n) is 5.56. The number of aromatic nitrogens is 1. The maximum Gasteiger partial charge on any atom is 0.0798 e. The van der Waals surface area contributed by atoms with E-state index in [1.165, 1.54) is 49.1 Å². The molecule has 102 valence electrons. The van der Waals surface area contributed by atoms with Crippen molar-refractivity contribution in [3.63, 3.8) is 0 Å². The van der Waals surface area contributed by atoms with Crippen molar-refractivity contribution in [1.29, 1.82) is 0 Å². The predicted octanol–water partition coefficient (Wildman–Crippen LogP) is 2.94. The van der Waals surface area contributed by atoms with Crippen molar-refractivity contribution in [2.45, 2.75) is 57.5 Å². The summed E-state index contributed by atoms with van der Waals surface area (Å²) >= 11 is 1.76. The van der Waals surface area contributed by atoms with E-state index in [1.807, 2.05) is 5.51 Å². The molecule has 0 bridgehead atoms. The Morgan fingerprint density at radius 1 is 1.33 bits per heavy atom. The molecule has 0 unspecified atom stereocenters. The molecule has 1 saturated carbocycles. The SMILES string of the molecule is Cc1ncsc1CN(C)C1(CN)CCCCCC1. The smallest absolute Gasteiger partial charge is 0.0798 e. The number of likely N-dealkylation sites (N-methyl/N-ethyl adjacent to an activating group) is 1. The van der Waals surface area contributed by atoms with Gasteiger partial charge in [0, 0.05) is 23.5 Å². The Kier molecular flexibility index (Phi) is 4.76. The first-order valence-corrected chi connectivity index (χ1v) is 7.86. The van der Waals surface area contributed by atoms with Crippen LogP contribution in [0, 0.1) is 6.92 Å². The van der Waals surface area contributed by atoms with Crippen molar-refractivity contribution in [2.24, 2.45) is 5.73 Å². The molecule has 18 heavy (non-hydrogen) atoms. The van der Waals surface area contributed by atoms with Crippen molar-refractivity contribution in [3.05, 3.63) is 16.1 Å². The van der Waals surface area contributed by atoms with Crippen LogP contribution in [0.3, 0.4) is 0 Å². The zero-order chi connectivity index (χ0) is 13.0. The third-order valence-electron chi connectivity index (χ3n) is 4.45. The minimum Gasteiger partial charge on any atom is -0.329 e. The van der Waals surface area contributed by atoms with Crippen LogP contribution in [-0.2, 0) is 6.54 Å². The summed E-state index contributed by atoms with van der Waals surface area (Å²) in [6, 6.07) is 0. The third kappa shape index (κ3) is 2.92. The Hall–Kier alpha value is -0.450. The van der Waals surface area contributed by atoms with E-state index in [1.54, 1.807) is 11.3 Å². The molecule has 1 heterocycles. The molecule has 0 spiro atoms. The van der Waals surface area contributed by atoms with Gasteiger partial charge in [0.1, 0.15) is 0 Å². The fraction of sp³-hybridized carbons (Fsp3) is 0.786. The zero-order valence-corrected chi connectivity index (χ0v) is 12.4. The lowest BCUT2D eigenvalue weighted by Gasteiger charge is -2.40. The van der Waals surface area contributed by atoms with Gasteiger partial charge in [-0.05, 0) is 26.8 Å². The van der Waals surface area contributed by atoms with Gasteiger partial charge in [0.25, 0.3) is 0 Å². The molecule has 2 rings (SSSR count). The largest absolute Gasteiger partial charge is 0.329 e. The van der Waals surface area contributed by atoms with Crippen LogP contribution in [0.25, 0.3) is 0 Å². The van der Waals surface area contributed by atoms with E-state index in [2.05, 4.69) is 23.9 Å².